The van der Waals surface area contributed by atoms with Gasteiger partial charge in [0, 0.05) is 42.4 Å². The van der Waals surface area contributed by atoms with Gasteiger partial charge in [-0.2, -0.15) is 0 Å². The third-order valence-electron chi connectivity index (χ3n) is 12.8. The van der Waals surface area contributed by atoms with Crippen LogP contribution in [0.2, 0.25) is 0 Å². The van der Waals surface area contributed by atoms with Crippen LogP contribution in [0.5, 0.6) is 0 Å². The van der Waals surface area contributed by atoms with Crippen LogP contribution < -0.4 is 0 Å². The van der Waals surface area contributed by atoms with E-state index < -0.39 is 0 Å². The van der Waals surface area contributed by atoms with Crippen molar-refractivity contribution in [1.82, 2.24) is 19.9 Å². The Bertz CT molecular complexity index is 3990. The summed E-state index contributed by atoms with van der Waals surface area (Å²) in [5.41, 5.74) is 17.2. The summed E-state index contributed by atoms with van der Waals surface area (Å²) in [6.45, 7) is 0. The highest BCUT2D eigenvalue weighted by molar-refractivity contribution is 7.26. The Kier molecular flexibility index (Phi) is 9.85. The minimum absolute atomic E-state index is 0.718. The smallest absolute Gasteiger partial charge is 0.160 e. The van der Waals surface area contributed by atoms with Crippen LogP contribution in [0.25, 0.3) is 130 Å². The molecule has 318 valence electrons. The fourth-order valence-corrected chi connectivity index (χ4v) is 11.6. The summed E-state index contributed by atoms with van der Waals surface area (Å²) in [5.74, 6) is 1.44. The Balaban J connectivity index is 0.802. The van der Waals surface area contributed by atoms with Crippen molar-refractivity contribution in [3.05, 3.63) is 231 Å². The van der Waals surface area contributed by atoms with E-state index in [-0.39, 0.29) is 0 Å². The highest BCUT2D eigenvalue weighted by Gasteiger charge is 2.19. The lowest BCUT2D eigenvalue weighted by Crippen LogP contribution is -1.94. The van der Waals surface area contributed by atoms with E-state index in [1.54, 1.807) is 22.7 Å². The molecule has 9 aromatic carbocycles. The highest BCUT2D eigenvalue weighted by atomic mass is 32.1. The van der Waals surface area contributed by atoms with E-state index in [9.17, 15) is 0 Å². The van der Waals surface area contributed by atoms with Crippen molar-refractivity contribution in [1.29, 1.82) is 0 Å². The molecule has 4 aromatic heterocycles. The Hall–Kier alpha value is -8.42. The van der Waals surface area contributed by atoms with E-state index in [0.29, 0.717) is 0 Å². The molecule has 0 spiro atoms. The third kappa shape index (κ3) is 7.24. The first-order valence-corrected chi connectivity index (χ1v) is 24.3. The maximum atomic E-state index is 5.29. The van der Waals surface area contributed by atoms with Crippen molar-refractivity contribution in [2.75, 3.05) is 0 Å². The molecule has 13 aromatic rings. The number of benzene rings is 9. The largest absolute Gasteiger partial charge is 0.226 e. The van der Waals surface area contributed by atoms with Crippen molar-refractivity contribution in [2.24, 2.45) is 0 Å². The van der Waals surface area contributed by atoms with Gasteiger partial charge in [0.1, 0.15) is 0 Å². The van der Waals surface area contributed by atoms with Crippen molar-refractivity contribution >= 4 is 63.3 Å². The molecule has 0 atom stereocenters. The molecule has 0 aliphatic carbocycles. The van der Waals surface area contributed by atoms with E-state index in [1.807, 2.05) is 6.07 Å². The summed E-state index contributed by atoms with van der Waals surface area (Å²) in [6, 6.07) is 81.6. The van der Waals surface area contributed by atoms with Crippen LogP contribution in [0.4, 0.5) is 0 Å². The summed E-state index contributed by atoms with van der Waals surface area (Å²) < 4.78 is 4.61. The average Bonchev–Trinajstić information content (AvgIpc) is 4.00. The maximum Gasteiger partial charge on any atom is 0.160 e. The molecule has 0 bridgehead atoms. The molecule has 0 unspecified atom stereocenters. The van der Waals surface area contributed by atoms with Crippen LogP contribution in [0.3, 0.4) is 0 Å². The molecule has 0 N–H and O–H groups in total. The zero-order valence-electron chi connectivity index (χ0n) is 36.5. The Morgan fingerprint density at radius 2 is 0.574 bits per heavy atom. The molecule has 0 amide bonds. The first-order chi connectivity index (χ1) is 33.7. The minimum Gasteiger partial charge on any atom is -0.226 e. The minimum atomic E-state index is 0.718. The van der Waals surface area contributed by atoms with Crippen molar-refractivity contribution in [3.8, 4) is 89.8 Å². The Morgan fingerprint density at radius 1 is 0.235 bits per heavy atom. The Morgan fingerprint density at radius 3 is 1.07 bits per heavy atom. The second-order valence-corrected chi connectivity index (χ2v) is 19.1. The molecule has 0 aliphatic rings. The van der Waals surface area contributed by atoms with Gasteiger partial charge in [-0.15, -0.1) is 22.7 Å². The van der Waals surface area contributed by atoms with Gasteiger partial charge in [-0.1, -0.05) is 206 Å². The summed E-state index contributed by atoms with van der Waals surface area (Å²) in [7, 11) is 0. The van der Waals surface area contributed by atoms with E-state index >= 15 is 0 Å². The summed E-state index contributed by atoms with van der Waals surface area (Å²) in [6.07, 6.45) is 0. The lowest BCUT2D eigenvalue weighted by Gasteiger charge is -2.10. The highest BCUT2D eigenvalue weighted by Crippen LogP contribution is 2.42. The fourth-order valence-electron chi connectivity index (χ4n) is 9.26. The van der Waals surface area contributed by atoms with E-state index in [2.05, 4.69) is 224 Å². The second-order valence-electron chi connectivity index (χ2n) is 17.0. The normalized spacial score (nSPS) is 11.5. The van der Waals surface area contributed by atoms with Crippen molar-refractivity contribution in [2.45, 2.75) is 0 Å². The summed E-state index contributed by atoms with van der Waals surface area (Å²) >= 11 is 3.51. The van der Waals surface area contributed by atoms with Gasteiger partial charge < -0.3 is 0 Å². The molecule has 0 aliphatic heterocycles. The van der Waals surface area contributed by atoms with E-state index in [0.717, 1.165) is 110 Å². The number of fused-ring (bicyclic) bond motifs is 6. The van der Waals surface area contributed by atoms with Crippen LogP contribution in [-0.4, -0.2) is 19.9 Å². The predicted octanol–water partition coefficient (Wildman–Crippen LogP) is 17.3. The van der Waals surface area contributed by atoms with Crippen LogP contribution >= 0.6 is 22.7 Å². The number of nitrogens with zero attached hydrogens (tertiary/aromatic N) is 4. The molecule has 0 saturated heterocycles. The molecule has 0 saturated carbocycles. The van der Waals surface area contributed by atoms with Crippen LogP contribution in [0.15, 0.2) is 231 Å². The Labute approximate surface area is 401 Å². The molecule has 4 heterocycles. The van der Waals surface area contributed by atoms with E-state index in [1.165, 1.54) is 20.5 Å². The lowest BCUT2D eigenvalue weighted by atomic mass is 9.98. The van der Waals surface area contributed by atoms with Gasteiger partial charge in [0.15, 0.2) is 11.6 Å². The van der Waals surface area contributed by atoms with Crippen molar-refractivity contribution < 1.29 is 0 Å². The number of aromatic nitrogens is 4. The molecule has 6 heteroatoms. The maximum absolute atomic E-state index is 5.29. The number of hydrogen-bond donors (Lipinski definition) is 0. The van der Waals surface area contributed by atoms with Crippen LogP contribution in [-0.2, 0) is 0 Å². The third-order valence-corrected chi connectivity index (χ3v) is 15.1. The zero-order valence-corrected chi connectivity index (χ0v) is 38.2. The van der Waals surface area contributed by atoms with Gasteiger partial charge in [-0.05, 0) is 68.8 Å². The summed E-state index contributed by atoms with van der Waals surface area (Å²) in [5, 5.41) is 2.31. The van der Waals surface area contributed by atoms with Crippen LogP contribution in [0.1, 0.15) is 0 Å². The van der Waals surface area contributed by atoms with Gasteiger partial charge in [0.25, 0.3) is 0 Å². The fraction of sp³-hybridized carbons (Fsp3) is 0. The monoisotopic (exact) mass is 902 g/mol. The van der Waals surface area contributed by atoms with Crippen molar-refractivity contribution in [3.63, 3.8) is 0 Å². The predicted molar refractivity (Wildman–Crippen MR) is 287 cm³/mol. The number of thiophene rings is 2. The standard InChI is InChI=1S/C62H38N4S2/c1-3-13-39(14-4-1)47-17-11-19-49(37-47)56-60-58(52-22-8-10-24-54(52)68-60)65-61(64-56)46-35-31-44(32-36-46)42-27-25-41(26-28-42)43-29-33-45(34-30-43)55-59-57(51-21-7-9-23-53(51)67-59)66-62(63-55)50-20-12-18-48(38-50)40-15-5-2-6-16-40/h1-38H. The molecule has 4 nitrogen and oxygen atoms in total. The van der Waals surface area contributed by atoms with Gasteiger partial charge in [0.2, 0.25) is 0 Å². The molecular weight excluding hydrogens is 865 g/mol. The first-order valence-electron chi connectivity index (χ1n) is 22.7. The van der Waals surface area contributed by atoms with Gasteiger partial charge in [0.05, 0.1) is 31.8 Å². The van der Waals surface area contributed by atoms with Crippen LogP contribution in [0, 0.1) is 0 Å². The quantitative estimate of drug-likeness (QED) is 0.152. The molecule has 13 rings (SSSR count). The van der Waals surface area contributed by atoms with E-state index in [4.69, 9.17) is 19.9 Å². The molecule has 0 radical (unpaired) electrons. The molecule has 68 heavy (non-hydrogen) atoms. The second kappa shape index (κ2) is 16.8. The molecular formula is C62H38N4S2. The number of hydrogen-bond acceptors (Lipinski definition) is 6. The zero-order chi connectivity index (χ0) is 45.0. The van der Waals surface area contributed by atoms with Gasteiger partial charge in [-0.3, -0.25) is 0 Å². The topological polar surface area (TPSA) is 51.6 Å². The lowest BCUT2D eigenvalue weighted by molar-refractivity contribution is 1.24. The number of rotatable bonds is 8. The van der Waals surface area contributed by atoms with Gasteiger partial charge in [-0.25, -0.2) is 19.9 Å². The van der Waals surface area contributed by atoms with Gasteiger partial charge >= 0.3 is 0 Å². The average molecular weight is 903 g/mol. The first kappa shape index (κ1) is 39.9. The summed E-state index contributed by atoms with van der Waals surface area (Å²) in [4.78, 5) is 21.0. The SMILES string of the molecule is c1ccc(-c2cccc(-c3nc(-c4ccc(-c5ccc(-c6ccc(-c7nc(-c8cccc(-c9ccccc9)c8)c8sc9ccccc9c8n7)cc6)cc5)cc4)c4sc5ccccc5c4n3)c2)cc1. The molecule has 0 fully saturated rings.